The number of nitrogens with one attached hydrogen (secondary N) is 4. The van der Waals surface area contributed by atoms with Crippen molar-refractivity contribution in [2.75, 3.05) is 0 Å². The highest BCUT2D eigenvalue weighted by Crippen LogP contribution is 2.21. The van der Waals surface area contributed by atoms with Gasteiger partial charge in [0.15, 0.2) is 0 Å². The standard InChI is InChI=1S/C26H26N4O5/c1-15(31)29-23(11-17-13-27-21-9-5-3-7-19(17)21)25(33)35-26(34)24(30-16(2)32)12-18-14-28-22-10-6-4-8-20(18)22/h3-10,13-14,23-24,27-28H,11-12H2,1-2H3,(H,29,31)(H,30,32)/t23-,24-/m0/s1. The van der Waals surface area contributed by atoms with E-state index < -0.39 is 35.8 Å². The van der Waals surface area contributed by atoms with Gasteiger partial charge >= 0.3 is 11.9 Å². The summed E-state index contributed by atoms with van der Waals surface area (Å²) in [5, 5.41) is 6.93. The Morgan fingerprint density at radius 3 is 1.51 bits per heavy atom. The highest BCUT2D eigenvalue weighted by Gasteiger charge is 2.30. The molecule has 9 heteroatoms. The van der Waals surface area contributed by atoms with E-state index >= 15 is 0 Å². The van der Waals surface area contributed by atoms with Crippen molar-refractivity contribution in [2.45, 2.75) is 38.8 Å². The number of hydrogen-bond donors (Lipinski definition) is 4. The first-order valence-corrected chi connectivity index (χ1v) is 11.2. The number of ether oxygens (including phenoxy) is 1. The monoisotopic (exact) mass is 474 g/mol. The van der Waals surface area contributed by atoms with Crippen molar-refractivity contribution >= 4 is 45.6 Å². The Morgan fingerprint density at radius 2 is 1.11 bits per heavy atom. The number of rotatable bonds is 8. The maximum Gasteiger partial charge on any atom is 0.336 e. The SMILES string of the molecule is CC(=O)N[C@@H](Cc1c[nH]c2ccccc12)C(=O)OC(=O)[C@H](Cc1c[nH]c2ccccc12)NC(C)=O. The summed E-state index contributed by atoms with van der Waals surface area (Å²) in [4.78, 5) is 55.7. The van der Waals surface area contributed by atoms with Crippen molar-refractivity contribution in [1.82, 2.24) is 20.6 Å². The van der Waals surface area contributed by atoms with Crippen LogP contribution in [0.15, 0.2) is 60.9 Å². The predicted molar refractivity (Wildman–Crippen MR) is 130 cm³/mol. The maximum atomic E-state index is 13.0. The van der Waals surface area contributed by atoms with Crippen molar-refractivity contribution in [2.24, 2.45) is 0 Å². The molecule has 4 aromatic rings. The molecule has 0 aliphatic carbocycles. The van der Waals surface area contributed by atoms with E-state index in [1.165, 1.54) is 13.8 Å². The molecule has 2 aromatic heterocycles. The Kier molecular flexibility index (Phi) is 6.96. The first kappa shape index (κ1) is 23.7. The summed E-state index contributed by atoms with van der Waals surface area (Å²) in [5.74, 6) is -2.66. The maximum absolute atomic E-state index is 13.0. The Hall–Kier alpha value is -4.40. The Balaban J connectivity index is 1.52. The summed E-state index contributed by atoms with van der Waals surface area (Å²) < 4.78 is 5.17. The van der Waals surface area contributed by atoms with E-state index in [-0.39, 0.29) is 12.8 Å². The summed E-state index contributed by atoms with van der Waals surface area (Å²) >= 11 is 0. The van der Waals surface area contributed by atoms with Crippen molar-refractivity contribution in [3.05, 3.63) is 72.1 Å². The number of esters is 2. The van der Waals surface area contributed by atoms with E-state index in [4.69, 9.17) is 4.74 Å². The summed E-state index contributed by atoms with van der Waals surface area (Å²) in [5.41, 5.74) is 3.36. The fraction of sp³-hybridized carbons (Fsp3) is 0.231. The molecule has 0 spiro atoms. The molecule has 0 aliphatic rings. The normalized spacial score (nSPS) is 12.7. The van der Waals surface area contributed by atoms with Crippen molar-refractivity contribution < 1.29 is 23.9 Å². The number of benzene rings is 2. The minimum absolute atomic E-state index is 0.128. The van der Waals surface area contributed by atoms with Crippen molar-refractivity contribution in [3.63, 3.8) is 0 Å². The lowest BCUT2D eigenvalue weighted by atomic mass is 10.0. The highest BCUT2D eigenvalue weighted by atomic mass is 16.6. The number of aromatic amines is 2. The topological polar surface area (TPSA) is 133 Å². The van der Waals surface area contributed by atoms with Crippen LogP contribution in [0.2, 0.25) is 0 Å². The third-order valence-corrected chi connectivity index (χ3v) is 5.72. The number of carbonyl (C=O) groups excluding carboxylic acids is 4. The van der Waals surface area contributed by atoms with Gasteiger partial charge in [0.1, 0.15) is 12.1 Å². The minimum Gasteiger partial charge on any atom is -0.390 e. The molecule has 0 bridgehead atoms. The van der Waals surface area contributed by atoms with E-state index in [1.54, 1.807) is 12.4 Å². The molecule has 2 atom stereocenters. The number of aromatic nitrogens is 2. The summed E-state index contributed by atoms with van der Waals surface area (Å²) in [7, 11) is 0. The second-order valence-electron chi connectivity index (χ2n) is 8.37. The smallest absolute Gasteiger partial charge is 0.336 e. The van der Waals surface area contributed by atoms with Gasteiger partial charge in [0, 0.05) is 60.9 Å². The molecule has 2 aromatic carbocycles. The van der Waals surface area contributed by atoms with E-state index in [1.807, 2.05) is 48.5 Å². The van der Waals surface area contributed by atoms with E-state index in [9.17, 15) is 19.2 Å². The molecular weight excluding hydrogens is 448 g/mol. The average Bonchev–Trinajstić information content (AvgIpc) is 3.42. The van der Waals surface area contributed by atoms with Gasteiger partial charge in [-0.25, -0.2) is 9.59 Å². The van der Waals surface area contributed by atoms with Crippen molar-refractivity contribution in [1.29, 1.82) is 0 Å². The molecule has 4 rings (SSSR count). The number of hydrogen-bond acceptors (Lipinski definition) is 5. The molecule has 0 fully saturated rings. The van der Waals surface area contributed by atoms with E-state index in [0.29, 0.717) is 0 Å². The predicted octanol–water partition coefficient (Wildman–Crippen LogP) is 2.51. The Bertz CT molecular complexity index is 1300. The van der Waals surface area contributed by atoms with Crippen LogP contribution in [0.3, 0.4) is 0 Å². The average molecular weight is 475 g/mol. The molecule has 35 heavy (non-hydrogen) atoms. The molecule has 2 amide bonds. The molecule has 0 saturated heterocycles. The molecule has 9 nitrogen and oxygen atoms in total. The second kappa shape index (κ2) is 10.3. The van der Waals surface area contributed by atoms with Gasteiger partial charge in [0.25, 0.3) is 0 Å². The zero-order chi connectivity index (χ0) is 24.9. The molecule has 0 saturated carbocycles. The van der Waals surface area contributed by atoms with Crippen LogP contribution in [0, 0.1) is 0 Å². The number of carbonyl (C=O) groups is 4. The fourth-order valence-corrected chi connectivity index (χ4v) is 4.16. The van der Waals surface area contributed by atoms with Gasteiger partial charge in [-0.15, -0.1) is 0 Å². The second-order valence-corrected chi connectivity index (χ2v) is 8.37. The highest BCUT2D eigenvalue weighted by molar-refractivity contribution is 5.95. The first-order valence-electron chi connectivity index (χ1n) is 11.2. The van der Waals surface area contributed by atoms with Crippen LogP contribution in [-0.4, -0.2) is 45.8 Å². The third-order valence-electron chi connectivity index (χ3n) is 5.72. The first-order chi connectivity index (χ1) is 16.8. The van der Waals surface area contributed by atoms with E-state index in [0.717, 1.165) is 32.9 Å². The lowest BCUT2D eigenvalue weighted by Gasteiger charge is -2.19. The molecule has 2 heterocycles. The lowest BCUT2D eigenvalue weighted by molar-refractivity contribution is -0.163. The van der Waals surface area contributed by atoms with Crippen LogP contribution in [0.4, 0.5) is 0 Å². The van der Waals surface area contributed by atoms with Gasteiger partial charge in [-0.1, -0.05) is 36.4 Å². The van der Waals surface area contributed by atoms with Crippen LogP contribution in [0.25, 0.3) is 21.8 Å². The van der Waals surface area contributed by atoms with Crippen molar-refractivity contribution in [3.8, 4) is 0 Å². The minimum atomic E-state index is -1.08. The lowest BCUT2D eigenvalue weighted by Crippen LogP contribution is -2.47. The summed E-state index contributed by atoms with van der Waals surface area (Å²) in [6, 6.07) is 13.0. The number of amides is 2. The van der Waals surface area contributed by atoms with Crippen LogP contribution in [0.5, 0.6) is 0 Å². The van der Waals surface area contributed by atoms with Crippen LogP contribution in [0.1, 0.15) is 25.0 Å². The Morgan fingerprint density at radius 1 is 0.714 bits per heavy atom. The van der Waals surface area contributed by atoms with Crippen LogP contribution < -0.4 is 10.6 Å². The molecule has 0 aliphatic heterocycles. The largest absolute Gasteiger partial charge is 0.390 e. The molecule has 4 N–H and O–H groups in total. The van der Waals surface area contributed by atoms with Crippen LogP contribution >= 0.6 is 0 Å². The van der Waals surface area contributed by atoms with Gasteiger partial charge in [0.2, 0.25) is 11.8 Å². The van der Waals surface area contributed by atoms with Gasteiger partial charge in [-0.3, -0.25) is 9.59 Å². The zero-order valence-electron chi connectivity index (χ0n) is 19.4. The molecule has 0 radical (unpaired) electrons. The van der Waals surface area contributed by atoms with Gasteiger partial charge < -0.3 is 25.3 Å². The molecule has 0 unspecified atom stereocenters. The number of H-pyrrole nitrogens is 2. The Labute approximate surface area is 201 Å². The van der Waals surface area contributed by atoms with E-state index in [2.05, 4.69) is 20.6 Å². The quantitative estimate of drug-likeness (QED) is 0.230. The van der Waals surface area contributed by atoms with Gasteiger partial charge in [-0.05, 0) is 23.3 Å². The zero-order valence-corrected chi connectivity index (χ0v) is 19.4. The number of fused-ring (bicyclic) bond motifs is 2. The summed E-state index contributed by atoms with van der Waals surface area (Å²) in [6.45, 7) is 2.57. The molecule has 180 valence electrons. The van der Waals surface area contributed by atoms with Crippen LogP contribution in [-0.2, 0) is 36.8 Å². The molecular formula is C26H26N4O5. The fourth-order valence-electron chi connectivity index (χ4n) is 4.16. The number of para-hydroxylation sites is 2. The summed E-state index contributed by atoms with van der Waals surface area (Å²) in [6.07, 6.45) is 3.77. The van der Waals surface area contributed by atoms with Gasteiger partial charge in [0.05, 0.1) is 0 Å². The van der Waals surface area contributed by atoms with Gasteiger partial charge in [-0.2, -0.15) is 0 Å². The third kappa shape index (κ3) is 5.57.